The molecule has 0 saturated carbocycles. The molecule has 1 N–H and O–H groups in total. The second-order valence-corrected chi connectivity index (χ2v) is 5.46. The number of rotatable bonds is 4. The van der Waals surface area contributed by atoms with E-state index in [-0.39, 0.29) is 0 Å². The van der Waals surface area contributed by atoms with E-state index in [0.29, 0.717) is 19.3 Å². The van der Waals surface area contributed by atoms with Crippen LogP contribution in [0.4, 0.5) is 0 Å². The lowest BCUT2D eigenvalue weighted by molar-refractivity contribution is 0.169. The minimum atomic E-state index is 0.297. The molecule has 0 aliphatic carbocycles. The van der Waals surface area contributed by atoms with Gasteiger partial charge >= 0.3 is 0 Å². The molecule has 0 saturated heterocycles. The molecule has 3 nitrogen and oxygen atoms in total. The molecule has 2 aromatic carbocycles. The second kappa shape index (κ2) is 6.19. The maximum Gasteiger partial charge on any atom is 0.165 e. The molecule has 21 heavy (non-hydrogen) atoms. The highest BCUT2D eigenvalue weighted by atomic mass is 16.6. The first kappa shape index (κ1) is 14.0. The van der Waals surface area contributed by atoms with Crippen LogP contribution in [0.2, 0.25) is 0 Å². The molecular formula is C18H21NO2. The number of ether oxygens (including phenoxy) is 2. The fourth-order valence-electron chi connectivity index (χ4n) is 2.59. The fourth-order valence-corrected chi connectivity index (χ4v) is 2.59. The normalized spacial score (nSPS) is 14.8. The predicted molar refractivity (Wildman–Crippen MR) is 83.9 cm³/mol. The monoisotopic (exact) mass is 283 g/mol. The Hall–Kier alpha value is -2.00. The van der Waals surface area contributed by atoms with E-state index >= 15 is 0 Å². The minimum absolute atomic E-state index is 0.297. The van der Waals surface area contributed by atoms with Gasteiger partial charge in [0.2, 0.25) is 0 Å². The van der Waals surface area contributed by atoms with Crippen LogP contribution < -0.4 is 14.8 Å². The lowest BCUT2D eigenvalue weighted by Crippen LogP contribution is -2.21. The van der Waals surface area contributed by atoms with Crippen molar-refractivity contribution < 1.29 is 9.47 Å². The molecule has 3 rings (SSSR count). The van der Waals surface area contributed by atoms with Gasteiger partial charge in [0, 0.05) is 18.2 Å². The molecule has 0 radical (unpaired) electrons. The summed E-state index contributed by atoms with van der Waals surface area (Å²) in [5, 5.41) is 3.56. The molecule has 0 bridgehead atoms. The zero-order valence-electron chi connectivity index (χ0n) is 12.6. The van der Waals surface area contributed by atoms with Crippen LogP contribution in [0.3, 0.4) is 0 Å². The zero-order chi connectivity index (χ0) is 14.7. The van der Waals surface area contributed by atoms with Crippen LogP contribution in [0, 0.1) is 6.92 Å². The van der Waals surface area contributed by atoms with Gasteiger partial charge in [-0.15, -0.1) is 0 Å². The summed E-state index contributed by atoms with van der Waals surface area (Å²) < 4.78 is 11.4. The van der Waals surface area contributed by atoms with Crippen molar-refractivity contribution in [2.24, 2.45) is 0 Å². The molecule has 0 spiro atoms. The number of hydrogen-bond donors (Lipinski definition) is 1. The van der Waals surface area contributed by atoms with Gasteiger partial charge in [-0.1, -0.05) is 42.0 Å². The number of aryl methyl sites for hydroxylation is 1. The Balaban J connectivity index is 1.70. The maximum absolute atomic E-state index is 5.75. The highest BCUT2D eigenvalue weighted by Crippen LogP contribution is 2.33. The van der Waals surface area contributed by atoms with Crippen LogP contribution in [-0.2, 0) is 6.54 Å². The number of para-hydroxylation sites is 1. The van der Waals surface area contributed by atoms with Crippen molar-refractivity contribution >= 4 is 0 Å². The average Bonchev–Trinajstić information content (AvgIpc) is 2.52. The highest BCUT2D eigenvalue weighted by molar-refractivity contribution is 5.47. The molecule has 0 unspecified atom stereocenters. The predicted octanol–water partition coefficient (Wildman–Crippen LogP) is 3.62. The van der Waals surface area contributed by atoms with E-state index in [9.17, 15) is 0 Å². The second-order valence-electron chi connectivity index (χ2n) is 5.46. The van der Waals surface area contributed by atoms with Crippen molar-refractivity contribution in [2.45, 2.75) is 26.4 Å². The van der Waals surface area contributed by atoms with Crippen molar-refractivity contribution in [3.63, 3.8) is 0 Å². The van der Waals surface area contributed by atoms with Crippen LogP contribution in [-0.4, -0.2) is 13.2 Å². The van der Waals surface area contributed by atoms with E-state index in [1.54, 1.807) is 0 Å². The molecule has 1 atom stereocenters. The molecule has 1 aliphatic rings. The fraction of sp³-hybridized carbons (Fsp3) is 0.333. The maximum atomic E-state index is 5.75. The summed E-state index contributed by atoms with van der Waals surface area (Å²) in [5.74, 6) is 1.73. The topological polar surface area (TPSA) is 30.5 Å². The van der Waals surface area contributed by atoms with Crippen molar-refractivity contribution in [2.75, 3.05) is 13.2 Å². The first-order chi connectivity index (χ1) is 10.2. The SMILES string of the molecule is Cc1cccc([C@@H](C)NCc2cccc3c2OCCO3)c1. The third-order valence-corrected chi connectivity index (χ3v) is 3.79. The Kier molecular flexibility index (Phi) is 4.11. The van der Waals surface area contributed by atoms with Crippen LogP contribution in [0.25, 0.3) is 0 Å². The summed E-state index contributed by atoms with van der Waals surface area (Å²) in [4.78, 5) is 0. The standard InChI is InChI=1S/C18H21NO2/c1-13-5-3-6-15(11-13)14(2)19-12-16-7-4-8-17-18(16)21-10-9-20-17/h3-8,11,14,19H,9-10,12H2,1-2H3/t14-/m1/s1. The minimum Gasteiger partial charge on any atom is -0.486 e. The lowest BCUT2D eigenvalue weighted by atomic mass is 10.1. The summed E-state index contributed by atoms with van der Waals surface area (Å²) >= 11 is 0. The molecule has 3 heteroatoms. The van der Waals surface area contributed by atoms with Crippen LogP contribution >= 0.6 is 0 Å². The van der Waals surface area contributed by atoms with Gasteiger partial charge in [-0.25, -0.2) is 0 Å². The summed E-state index contributed by atoms with van der Waals surface area (Å²) in [5.41, 5.74) is 3.73. The van der Waals surface area contributed by atoms with Gasteiger partial charge < -0.3 is 14.8 Å². The highest BCUT2D eigenvalue weighted by Gasteiger charge is 2.16. The first-order valence-corrected chi connectivity index (χ1v) is 7.41. The Morgan fingerprint density at radius 3 is 2.76 bits per heavy atom. The van der Waals surface area contributed by atoms with Crippen molar-refractivity contribution in [1.29, 1.82) is 0 Å². The third-order valence-electron chi connectivity index (χ3n) is 3.79. The zero-order valence-corrected chi connectivity index (χ0v) is 12.6. The number of hydrogen-bond acceptors (Lipinski definition) is 3. The van der Waals surface area contributed by atoms with Gasteiger partial charge in [0.1, 0.15) is 13.2 Å². The number of fused-ring (bicyclic) bond motifs is 1. The smallest absolute Gasteiger partial charge is 0.165 e. The molecular weight excluding hydrogens is 262 g/mol. The average molecular weight is 283 g/mol. The van der Waals surface area contributed by atoms with E-state index in [1.807, 2.05) is 12.1 Å². The Morgan fingerprint density at radius 2 is 1.90 bits per heavy atom. The van der Waals surface area contributed by atoms with Crippen molar-refractivity contribution in [1.82, 2.24) is 5.32 Å². The van der Waals surface area contributed by atoms with Gasteiger partial charge in [-0.2, -0.15) is 0 Å². The van der Waals surface area contributed by atoms with Gasteiger partial charge in [0.25, 0.3) is 0 Å². The summed E-state index contributed by atoms with van der Waals surface area (Å²) in [7, 11) is 0. The largest absolute Gasteiger partial charge is 0.486 e. The number of nitrogens with one attached hydrogen (secondary N) is 1. The lowest BCUT2D eigenvalue weighted by Gasteiger charge is -2.22. The molecule has 0 fully saturated rings. The number of benzene rings is 2. The summed E-state index contributed by atoms with van der Waals surface area (Å²) in [6, 6.07) is 15.0. The van der Waals surface area contributed by atoms with Gasteiger partial charge in [0.15, 0.2) is 11.5 Å². The quantitative estimate of drug-likeness (QED) is 0.929. The van der Waals surface area contributed by atoms with Crippen molar-refractivity contribution in [3.05, 3.63) is 59.2 Å². The Labute approximate surface area is 125 Å². The van der Waals surface area contributed by atoms with E-state index in [0.717, 1.165) is 23.6 Å². The molecule has 1 heterocycles. The molecule has 0 amide bonds. The third kappa shape index (κ3) is 3.19. The molecule has 2 aromatic rings. The summed E-state index contributed by atoms with van der Waals surface area (Å²) in [6.07, 6.45) is 0. The Bertz CT molecular complexity index is 624. The van der Waals surface area contributed by atoms with Crippen LogP contribution in [0.5, 0.6) is 11.5 Å². The van der Waals surface area contributed by atoms with E-state index in [1.165, 1.54) is 11.1 Å². The van der Waals surface area contributed by atoms with Gasteiger partial charge in [0.05, 0.1) is 0 Å². The van der Waals surface area contributed by atoms with E-state index < -0.39 is 0 Å². The van der Waals surface area contributed by atoms with Gasteiger partial charge in [-0.3, -0.25) is 0 Å². The van der Waals surface area contributed by atoms with Crippen molar-refractivity contribution in [3.8, 4) is 11.5 Å². The first-order valence-electron chi connectivity index (χ1n) is 7.41. The summed E-state index contributed by atoms with van der Waals surface area (Å²) in [6.45, 7) is 6.32. The Morgan fingerprint density at radius 1 is 1.10 bits per heavy atom. The van der Waals surface area contributed by atoms with Crippen LogP contribution in [0.15, 0.2) is 42.5 Å². The van der Waals surface area contributed by atoms with E-state index in [4.69, 9.17) is 9.47 Å². The van der Waals surface area contributed by atoms with Gasteiger partial charge in [-0.05, 0) is 25.5 Å². The molecule has 1 aliphatic heterocycles. The van der Waals surface area contributed by atoms with Crippen LogP contribution in [0.1, 0.15) is 29.7 Å². The van der Waals surface area contributed by atoms with E-state index in [2.05, 4.69) is 49.5 Å². The molecule has 0 aromatic heterocycles. The molecule has 110 valence electrons.